The largest absolute Gasteiger partial charge is 0.325 e. The van der Waals surface area contributed by atoms with Crippen LogP contribution < -0.4 is 16.2 Å². The maximum absolute atomic E-state index is 13.6. The Bertz CT molecular complexity index is 1060. The van der Waals surface area contributed by atoms with E-state index in [1.807, 2.05) is 18.2 Å². The van der Waals surface area contributed by atoms with Gasteiger partial charge in [0.05, 0.1) is 5.56 Å². The molecule has 1 aliphatic heterocycles. The molecular weight excluding hydrogens is 391 g/mol. The molecule has 3 N–H and O–H groups in total. The second kappa shape index (κ2) is 7.58. The van der Waals surface area contributed by atoms with E-state index in [-0.39, 0.29) is 5.56 Å². The number of nitrogens with zero attached hydrogens (tertiary/aromatic N) is 1. The summed E-state index contributed by atoms with van der Waals surface area (Å²) in [5, 5.41) is 2.75. The molecule has 4 rings (SSSR count). The van der Waals surface area contributed by atoms with Gasteiger partial charge in [-0.25, -0.2) is 9.18 Å². The zero-order valence-electron chi connectivity index (χ0n) is 15.9. The zero-order chi connectivity index (χ0) is 21.3. The molecule has 5 amide bonds. The minimum Gasteiger partial charge on any atom is -0.319 e. The quantitative estimate of drug-likeness (QED) is 0.525. The number of carbonyl (C=O) groups excluding carboxylic acids is 4. The van der Waals surface area contributed by atoms with Gasteiger partial charge in [-0.3, -0.25) is 30.1 Å². The van der Waals surface area contributed by atoms with Crippen LogP contribution in [0.15, 0.2) is 48.5 Å². The summed E-state index contributed by atoms with van der Waals surface area (Å²) < 4.78 is 13.6. The molecule has 0 aromatic heterocycles. The molecule has 154 valence electrons. The van der Waals surface area contributed by atoms with E-state index in [1.165, 1.54) is 18.2 Å². The number of rotatable bonds is 3. The highest BCUT2D eigenvalue weighted by Gasteiger charge is 2.54. The first-order valence-corrected chi connectivity index (χ1v) is 9.48. The van der Waals surface area contributed by atoms with Gasteiger partial charge in [-0.1, -0.05) is 36.4 Å². The van der Waals surface area contributed by atoms with Crippen LogP contribution in [0.25, 0.3) is 0 Å². The van der Waals surface area contributed by atoms with Crippen molar-refractivity contribution in [1.29, 1.82) is 0 Å². The minimum atomic E-state index is -1.18. The monoisotopic (exact) mass is 410 g/mol. The molecule has 1 saturated heterocycles. The van der Waals surface area contributed by atoms with Crippen LogP contribution in [-0.4, -0.2) is 35.2 Å². The molecule has 0 unspecified atom stereocenters. The number of benzene rings is 2. The Morgan fingerprint density at radius 2 is 1.80 bits per heavy atom. The van der Waals surface area contributed by atoms with Crippen molar-refractivity contribution < 1.29 is 23.6 Å². The minimum absolute atomic E-state index is 0.245. The molecule has 1 aliphatic carbocycles. The molecule has 2 aromatic carbocycles. The Labute approximate surface area is 171 Å². The van der Waals surface area contributed by atoms with Crippen molar-refractivity contribution >= 4 is 23.8 Å². The van der Waals surface area contributed by atoms with Gasteiger partial charge < -0.3 is 5.32 Å². The molecule has 8 nitrogen and oxygen atoms in total. The summed E-state index contributed by atoms with van der Waals surface area (Å²) in [6.45, 7) is -0.577. The first kappa shape index (κ1) is 19.6. The Balaban J connectivity index is 1.44. The standard InChI is InChI=1S/C21H19FN4O4/c22-16-10-4-2-8-14(16)18(28)25-24-17(27)12-26-19(29)21(23-20(26)30)11-5-7-13-6-1-3-9-15(13)21/h1-4,6,8-10H,5,7,11-12H2,(H,23,30)(H,24,27)(H,25,28)/t21-/m1/s1. The van der Waals surface area contributed by atoms with E-state index in [0.29, 0.717) is 6.42 Å². The normalized spacial score (nSPS) is 20.0. The summed E-state index contributed by atoms with van der Waals surface area (Å²) in [6, 6.07) is 12.0. The molecular formula is C21H19FN4O4. The molecule has 1 fully saturated rings. The lowest BCUT2D eigenvalue weighted by Crippen LogP contribution is -2.49. The number of fused-ring (bicyclic) bond motifs is 2. The maximum Gasteiger partial charge on any atom is 0.325 e. The molecule has 2 aliphatic rings. The fourth-order valence-corrected chi connectivity index (χ4v) is 3.98. The summed E-state index contributed by atoms with van der Waals surface area (Å²) >= 11 is 0. The molecule has 30 heavy (non-hydrogen) atoms. The number of imide groups is 1. The second-order valence-corrected chi connectivity index (χ2v) is 7.22. The number of hydrazine groups is 1. The molecule has 0 radical (unpaired) electrons. The summed E-state index contributed by atoms with van der Waals surface area (Å²) in [6.07, 6.45) is 1.97. The highest BCUT2D eigenvalue weighted by Crippen LogP contribution is 2.39. The van der Waals surface area contributed by atoms with Gasteiger partial charge in [-0.05, 0) is 42.5 Å². The van der Waals surface area contributed by atoms with E-state index in [9.17, 15) is 23.6 Å². The lowest BCUT2D eigenvalue weighted by Gasteiger charge is -2.33. The van der Waals surface area contributed by atoms with Gasteiger partial charge in [0.2, 0.25) is 0 Å². The van der Waals surface area contributed by atoms with Gasteiger partial charge in [0.15, 0.2) is 0 Å². The lowest BCUT2D eigenvalue weighted by molar-refractivity contribution is -0.135. The topological polar surface area (TPSA) is 108 Å². The summed E-state index contributed by atoms with van der Waals surface area (Å²) in [5.41, 5.74) is 4.49. The Morgan fingerprint density at radius 3 is 2.60 bits per heavy atom. The van der Waals surface area contributed by atoms with Crippen molar-refractivity contribution in [2.24, 2.45) is 0 Å². The van der Waals surface area contributed by atoms with Crippen molar-refractivity contribution in [3.05, 3.63) is 71.0 Å². The average Bonchev–Trinajstić information content (AvgIpc) is 2.97. The van der Waals surface area contributed by atoms with Crippen LogP contribution in [0.4, 0.5) is 9.18 Å². The molecule has 0 saturated carbocycles. The van der Waals surface area contributed by atoms with Crippen molar-refractivity contribution in [2.45, 2.75) is 24.8 Å². The third kappa shape index (κ3) is 3.28. The fraction of sp³-hybridized carbons (Fsp3) is 0.238. The van der Waals surface area contributed by atoms with E-state index in [0.717, 1.165) is 34.9 Å². The smallest absolute Gasteiger partial charge is 0.319 e. The first-order chi connectivity index (χ1) is 14.4. The fourth-order valence-electron chi connectivity index (χ4n) is 3.98. The molecule has 0 bridgehead atoms. The van der Waals surface area contributed by atoms with Crippen molar-refractivity contribution in [3.63, 3.8) is 0 Å². The number of halogens is 1. The highest BCUT2D eigenvalue weighted by atomic mass is 19.1. The number of urea groups is 1. The van der Waals surface area contributed by atoms with Crippen molar-refractivity contribution in [1.82, 2.24) is 21.1 Å². The number of amides is 5. The highest BCUT2D eigenvalue weighted by molar-refractivity contribution is 6.09. The van der Waals surface area contributed by atoms with Gasteiger partial charge >= 0.3 is 6.03 Å². The van der Waals surface area contributed by atoms with Gasteiger partial charge in [0.1, 0.15) is 17.9 Å². The van der Waals surface area contributed by atoms with Crippen molar-refractivity contribution in [2.75, 3.05) is 6.54 Å². The molecule has 1 atom stereocenters. The van der Waals surface area contributed by atoms with Gasteiger partial charge in [0, 0.05) is 0 Å². The van der Waals surface area contributed by atoms with Gasteiger partial charge in [0.25, 0.3) is 17.7 Å². The van der Waals surface area contributed by atoms with Crippen LogP contribution in [-0.2, 0) is 21.5 Å². The number of hydrogen-bond donors (Lipinski definition) is 3. The molecule has 2 aromatic rings. The summed E-state index contributed by atoms with van der Waals surface area (Å²) in [4.78, 5) is 50.7. The Hall–Kier alpha value is -3.75. The number of carbonyl (C=O) groups is 4. The zero-order valence-corrected chi connectivity index (χ0v) is 15.9. The van der Waals surface area contributed by atoms with E-state index in [1.54, 1.807) is 6.07 Å². The number of aryl methyl sites for hydroxylation is 1. The molecule has 9 heteroatoms. The van der Waals surface area contributed by atoms with Crippen LogP contribution in [0, 0.1) is 5.82 Å². The maximum atomic E-state index is 13.6. The van der Waals surface area contributed by atoms with Crippen LogP contribution in [0.2, 0.25) is 0 Å². The summed E-state index contributed by atoms with van der Waals surface area (Å²) in [7, 11) is 0. The van der Waals surface area contributed by atoms with Crippen LogP contribution in [0.5, 0.6) is 0 Å². The average molecular weight is 410 g/mol. The SMILES string of the molecule is O=C(CN1C(=O)N[C@@]2(CCCc3ccccc32)C1=O)NNC(=O)c1ccccc1F. The third-order valence-corrected chi connectivity index (χ3v) is 5.39. The van der Waals surface area contributed by atoms with Gasteiger partial charge in [-0.2, -0.15) is 0 Å². The number of hydrogen-bond acceptors (Lipinski definition) is 4. The van der Waals surface area contributed by atoms with E-state index in [2.05, 4.69) is 16.2 Å². The first-order valence-electron chi connectivity index (χ1n) is 9.48. The second-order valence-electron chi connectivity index (χ2n) is 7.22. The predicted molar refractivity (Wildman–Crippen MR) is 103 cm³/mol. The van der Waals surface area contributed by atoms with Crippen molar-refractivity contribution in [3.8, 4) is 0 Å². The van der Waals surface area contributed by atoms with E-state index >= 15 is 0 Å². The number of nitrogens with one attached hydrogen (secondary N) is 3. The summed E-state index contributed by atoms with van der Waals surface area (Å²) in [5.74, 6) is -2.88. The van der Waals surface area contributed by atoms with E-state index < -0.39 is 41.7 Å². The van der Waals surface area contributed by atoms with Crippen LogP contribution in [0.1, 0.15) is 34.3 Å². The third-order valence-electron chi connectivity index (χ3n) is 5.39. The van der Waals surface area contributed by atoms with Crippen LogP contribution >= 0.6 is 0 Å². The van der Waals surface area contributed by atoms with E-state index in [4.69, 9.17) is 0 Å². The van der Waals surface area contributed by atoms with Crippen LogP contribution in [0.3, 0.4) is 0 Å². The molecule has 1 spiro atoms. The Kier molecular flexibility index (Phi) is 4.94. The predicted octanol–water partition coefficient (Wildman–Crippen LogP) is 1.37. The molecule has 1 heterocycles. The Morgan fingerprint density at radius 1 is 1.07 bits per heavy atom. The van der Waals surface area contributed by atoms with Gasteiger partial charge in [-0.15, -0.1) is 0 Å². The lowest BCUT2D eigenvalue weighted by atomic mass is 9.76.